The van der Waals surface area contributed by atoms with E-state index in [0.717, 1.165) is 12.8 Å². The second-order valence-electron chi connectivity index (χ2n) is 5.87. The molecule has 1 saturated heterocycles. The molecule has 2 amide bonds. The Bertz CT molecular complexity index is 605. The van der Waals surface area contributed by atoms with Crippen molar-refractivity contribution in [3.05, 3.63) is 23.8 Å². The molecule has 1 aliphatic heterocycles. The third kappa shape index (κ3) is 5.09. The molecular weight excluding hydrogens is 324 g/mol. The van der Waals surface area contributed by atoms with Crippen molar-refractivity contribution in [2.24, 2.45) is 5.73 Å². The molecule has 7 heteroatoms. The first-order valence-corrected chi connectivity index (χ1v) is 8.66. The summed E-state index contributed by atoms with van der Waals surface area (Å²) in [4.78, 5) is 25.6. The number of carbonyl (C=O) groups excluding carboxylic acids is 2. The lowest BCUT2D eigenvalue weighted by Crippen LogP contribution is -2.50. The standard InChI is InChI=1S/C18H26N2O5/c1-3-8-23-14-6-5-13(11-15(14)24-9-4-2)18(22)20-7-10-25-16(12-20)17(19)21/h5-6,11,16H,3-4,7-10,12H2,1-2H3,(H2,19,21). The molecule has 138 valence electrons. The number of morpholine rings is 1. The zero-order valence-electron chi connectivity index (χ0n) is 14.8. The highest BCUT2D eigenvalue weighted by Crippen LogP contribution is 2.29. The predicted molar refractivity (Wildman–Crippen MR) is 92.9 cm³/mol. The maximum Gasteiger partial charge on any atom is 0.254 e. The zero-order chi connectivity index (χ0) is 18.2. The van der Waals surface area contributed by atoms with Crippen LogP contribution in [0.25, 0.3) is 0 Å². The van der Waals surface area contributed by atoms with Gasteiger partial charge >= 0.3 is 0 Å². The lowest BCUT2D eigenvalue weighted by Gasteiger charge is -2.31. The van der Waals surface area contributed by atoms with Crippen molar-refractivity contribution in [3.63, 3.8) is 0 Å². The van der Waals surface area contributed by atoms with E-state index < -0.39 is 12.0 Å². The van der Waals surface area contributed by atoms with Crippen LogP contribution in [0, 0.1) is 0 Å². The molecule has 1 atom stereocenters. The summed E-state index contributed by atoms with van der Waals surface area (Å²) in [7, 11) is 0. The molecule has 7 nitrogen and oxygen atoms in total. The van der Waals surface area contributed by atoms with Crippen LogP contribution in [0.5, 0.6) is 11.5 Å². The van der Waals surface area contributed by atoms with Crippen molar-refractivity contribution in [2.45, 2.75) is 32.8 Å². The van der Waals surface area contributed by atoms with Gasteiger partial charge in [0.1, 0.15) is 0 Å². The molecule has 0 bridgehead atoms. The quantitative estimate of drug-likeness (QED) is 0.769. The molecule has 1 unspecified atom stereocenters. The second-order valence-corrected chi connectivity index (χ2v) is 5.87. The van der Waals surface area contributed by atoms with E-state index in [4.69, 9.17) is 19.9 Å². The van der Waals surface area contributed by atoms with E-state index in [-0.39, 0.29) is 19.1 Å². The maximum absolute atomic E-state index is 12.7. The van der Waals surface area contributed by atoms with Gasteiger partial charge in [0.05, 0.1) is 26.4 Å². The Kier molecular flexibility index (Phi) is 7.06. The molecule has 0 saturated carbocycles. The van der Waals surface area contributed by atoms with Crippen LogP contribution in [0.15, 0.2) is 18.2 Å². The van der Waals surface area contributed by atoms with E-state index in [1.807, 2.05) is 13.8 Å². The molecule has 1 aromatic carbocycles. The van der Waals surface area contributed by atoms with Gasteiger partial charge in [0, 0.05) is 12.1 Å². The molecule has 0 aliphatic carbocycles. The lowest BCUT2D eigenvalue weighted by molar-refractivity contribution is -0.133. The van der Waals surface area contributed by atoms with Gasteiger partial charge in [0.15, 0.2) is 17.6 Å². The Hall–Kier alpha value is -2.28. The number of primary amides is 1. The maximum atomic E-state index is 12.7. The largest absolute Gasteiger partial charge is 0.490 e. The molecular formula is C18H26N2O5. The average molecular weight is 350 g/mol. The van der Waals surface area contributed by atoms with E-state index in [1.54, 1.807) is 23.1 Å². The topological polar surface area (TPSA) is 91.1 Å². The van der Waals surface area contributed by atoms with Gasteiger partial charge in [-0.15, -0.1) is 0 Å². The van der Waals surface area contributed by atoms with Gasteiger partial charge in [-0.25, -0.2) is 0 Å². The lowest BCUT2D eigenvalue weighted by atomic mass is 10.1. The summed E-state index contributed by atoms with van der Waals surface area (Å²) < 4.78 is 16.7. The minimum Gasteiger partial charge on any atom is -0.490 e. The average Bonchev–Trinajstić information content (AvgIpc) is 2.64. The second kappa shape index (κ2) is 9.27. The van der Waals surface area contributed by atoms with Crippen molar-refractivity contribution in [3.8, 4) is 11.5 Å². The third-order valence-electron chi connectivity index (χ3n) is 3.79. The van der Waals surface area contributed by atoms with Crippen LogP contribution in [-0.4, -0.2) is 55.7 Å². The number of amides is 2. The Balaban J connectivity index is 2.16. The number of benzene rings is 1. The van der Waals surface area contributed by atoms with E-state index in [1.165, 1.54) is 0 Å². The highest BCUT2D eigenvalue weighted by molar-refractivity contribution is 5.95. The number of carbonyl (C=O) groups is 2. The first-order valence-electron chi connectivity index (χ1n) is 8.66. The van der Waals surface area contributed by atoms with Crippen molar-refractivity contribution in [1.29, 1.82) is 0 Å². The fourth-order valence-corrected chi connectivity index (χ4v) is 2.49. The van der Waals surface area contributed by atoms with E-state index in [2.05, 4.69) is 0 Å². The summed E-state index contributed by atoms with van der Waals surface area (Å²) in [6.07, 6.45) is 0.978. The SMILES string of the molecule is CCCOc1ccc(C(=O)N2CCOC(C(N)=O)C2)cc1OCCC. The molecule has 1 fully saturated rings. The number of hydrogen-bond acceptors (Lipinski definition) is 5. The third-order valence-corrected chi connectivity index (χ3v) is 3.79. The number of ether oxygens (including phenoxy) is 3. The summed E-state index contributed by atoms with van der Waals surface area (Å²) in [5.41, 5.74) is 5.76. The van der Waals surface area contributed by atoms with Crippen LogP contribution >= 0.6 is 0 Å². The zero-order valence-corrected chi connectivity index (χ0v) is 14.8. The van der Waals surface area contributed by atoms with Gasteiger partial charge in [-0.05, 0) is 31.0 Å². The van der Waals surface area contributed by atoms with Gasteiger partial charge in [0.2, 0.25) is 5.91 Å². The minimum absolute atomic E-state index is 0.160. The summed E-state index contributed by atoms with van der Waals surface area (Å²) in [5.74, 6) is 0.440. The number of hydrogen-bond donors (Lipinski definition) is 1. The normalized spacial score (nSPS) is 17.2. The van der Waals surface area contributed by atoms with Crippen LogP contribution < -0.4 is 15.2 Å². The van der Waals surface area contributed by atoms with E-state index >= 15 is 0 Å². The molecule has 25 heavy (non-hydrogen) atoms. The highest BCUT2D eigenvalue weighted by Gasteiger charge is 2.28. The molecule has 0 aromatic heterocycles. The smallest absolute Gasteiger partial charge is 0.254 e. The van der Waals surface area contributed by atoms with Crippen molar-refractivity contribution in [2.75, 3.05) is 32.9 Å². The van der Waals surface area contributed by atoms with Crippen molar-refractivity contribution in [1.82, 2.24) is 4.90 Å². The van der Waals surface area contributed by atoms with Crippen LogP contribution in [0.3, 0.4) is 0 Å². The van der Waals surface area contributed by atoms with Gasteiger partial charge in [-0.1, -0.05) is 13.8 Å². The van der Waals surface area contributed by atoms with Crippen LogP contribution in [-0.2, 0) is 9.53 Å². The monoisotopic (exact) mass is 350 g/mol. The molecule has 1 aliphatic rings. The van der Waals surface area contributed by atoms with Crippen LogP contribution in [0.4, 0.5) is 0 Å². The molecule has 1 aromatic rings. The Morgan fingerprint density at radius 3 is 2.52 bits per heavy atom. The van der Waals surface area contributed by atoms with Crippen LogP contribution in [0.2, 0.25) is 0 Å². The Morgan fingerprint density at radius 1 is 1.20 bits per heavy atom. The number of rotatable bonds is 8. The molecule has 0 spiro atoms. The van der Waals surface area contributed by atoms with Gasteiger partial charge in [-0.3, -0.25) is 9.59 Å². The highest BCUT2D eigenvalue weighted by atomic mass is 16.5. The molecule has 0 radical (unpaired) electrons. The van der Waals surface area contributed by atoms with Crippen molar-refractivity contribution < 1.29 is 23.8 Å². The predicted octanol–water partition coefficient (Wildman–Crippen LogP) is 1.59. The molecule has 2 rings (SSSR count). The van der Waals surface area contributed by atoms with E-state index in [9.17, 15) is 9.59 Å². The van der Waals surface area contributed by atoms with Crippen molar-refractivity contribution >= 4 is 11.8 Å². The summed E-state index contributed by atoms with van der Waals surface area (Å²) in [5, 5.41) is 0. The minimum atomic E-state index is -0.763. The fraction of sp³-hybridized carbons (Fsp3) is 0.556. The summed E-state index contributed by atoms with van der Waals surface area (Å²) in [6, 6.07) is 5.15. The van der Waals surface area contributed by atoms with Gasteiger partial charge in [-0.2, -0.15) is 0 Å². The first-order chi connectivity index (χ1) is 12.1. The Morgan fingerprint density at radius 2 is 1.88 bits per heavy atom. The number of nitrogens with zero attached hydrogens (tertiary/aromatic N) is 1. The number of nitrogens with two attached hydrogens (primary N) is 1. The first kappa shape index (κ1) is 19.1. The fourth-order valence-electron chi connectivity index (χ4n) is 2.49. The van der Waals surface area contributed by atoms with Gasteiger partial charge < -0.3 is 24.8 Å². The van der Waals surface area contributed by atoms with Crippen LogP contribution in [0.1, 0.15) is 37.0 Å². The summed E-state index contributed by atoms with van der Waals surface area (Å²) >= 11 is 0. The summed E-state index contributed by atoms with van der Waals surface area (Å²) in [6.45, 7) is 6.03. The Labute approximate surface area is 148 Å². The van der Waals surface area contributed by atoms with Gasteiger partial charge in [0.25, 0.3) is 5.91 Å². The molecule has 2 N–H and O–H groups in total. The van der Waals surface area contributed by atoms with E-state index in [0.29, 0.717) is 36.8 Å². The molecule has 1 heterocycles.